The van der Waals surface area contributed by atoms with Crippen LogP contribution >= 0.6 is 24.8 Å². The molecule has 1 atom stereocenters. The first-order valence-corrected chi connectivity index (χ1v) is 4.75. The molecule has 2 aromatic heterocycles. The highest BCUT2D eigenvalue weighted by atomic mass is 35.5. The van der Waals surface area contributed by atoms with E-state index in [1.807, 2.05) is 28.8 Å². The van der Waals surface area contributed by atoms with Crippen LogP contribution in [0.25, 0.3) is 5.65 Å². The molecule has 90 valence electrons. The van der Waals surface area contributed by atoms with Gasteiger partial charge in [-0.2, -0.15) is 0 Å². The Morgan fingerprint density at radius 3 is 2.50 bits per heavy atom. The van der Waals surface area contributed by atoms with E-state index in [0.717, 1.165) is 11.5 Å². The molecule has 16 heavy (non-hydrogen) atoms. The Bertz CT molecular complexity index is 441. The minimum absolute atomic E-state index is 0. The molecule has 0 radical (unpaired) electrons. The van der Waals surface area contributed by atoms with Gasteiger partial charge in [-0.25, -0.2) is 0 Å². The molecule has 0 aliphatic heterocycles. The van der Waals surface area contributed by atoms with Crippen molar-refractivity contribution in [1.82, 2.24) is 14.6 Å². The van der Waals surface area contributed by atoms with Crippen molar-refractivity contribution < 1.29 is 0 Å². The molecule has 0 amide bonds. The van der Waals surface area contributed by atoms with E-state index in [0.29, 0.717) is 5.92 Å². The fourth-order valence-corrected chi connectivity index (χ4v) is 1.39. The van der Waals surface area contributed by atoms with Crippen molar-refractivity contribution in [2.45, 2.75) is 19.9 Å². The summed E-state index contributed by atoms with van der Waals surface area (Å²) in [5.74, 6) is 1.19. The number of pyridine rings is 1. The summed E-state index contributed by atoms with van der Waals surface area (Å²) in [5, 5.41) is 8.16. The summed E-state index contributed by atoms with van der Waals surface area (Å²) in [7, 11) is 0. The molecule has 0 aliphatic rings. The number of rotatable bonds is 2. The Balaban J connectivity index is 0.00000112. The molecule has 0 saturated heterocycles. The van der Waals surface area contributed by atoms with E-state index >= 15 is 0 Å². The highest BCUT2D eigenvalue weighted by Gasteiger charge is 2.16. The number of aromatic nitrogens is 3. The lowest BCUT2D eigenvalue weighted by molar-refractivity contribution is 0.486. The molecule has 2 rings (SSSR count). The van der Waals surface area contributed by atoms with Gasteiger partial charge in [0.15, 0.2) is 11.5 Å². The van der Waals surface area contributed by atoms with E-state index in [1.165, 1.54) is 0 Å². The smallest absolute Gasteiger partial charge is 0.160 e. The van der Waals surface area contributed by atoms with Crippen molar-refractivity contribution in [3.05, 3.63) is 30.2 Å². The first kappa shape index (κ1) is 15.2. The molecule has 0 aromatic carbocycles. The van der Waals surface area contributed by atoms with E-state index in [2.05, 4.69) is 24.0 Å². The van der Waals surface area contributed by atoms with Crippen molar-refractivity contribution in [3.8, 4) is 0 Å². The standard InChI is InChI=1S/C10H14N4.2ClH/c1-7(2)9(11)10-13-12-8-5-3-4-6-14(8)10;;/h3-7,9H,11H2,1-2H3;2*1H. The first-order valence-electron chi connectivity index (χ1n) is 4.75. The molecule has 2 N–H and O–H groups in total. The second kappa shape index (κ2) is 6.03. The highest BCUT2D eigenvalue weighted by Crippen LogP contribution is 2.17. The summed E-state index contributed by atoms with van der Waals surface area (Å²) in [4.78, 5) is 0. The van der Waals surface area contributed by atoms with Crippen molar-refractivity contribution in [3.63, 3.8) is 0 Å². The largest absolute Gasteiger partial charge is 0.321 e. The third-order valence-corrected chi connectivity index (χ3v) is 2.36. The van der Waals surface area contributed by atoms with Crippen LogP contribution in [0.15, 0.2) is 24.4 Å². The average Bonchev–Trinajstić information content (AvgIpc) is 2.60. The zero-order valence-electron chi connectivity index (χ0n) is 9.20. The molecule has 2 aromatic rings. The van der Waals surface area contributed by atoms with Crippen LogP contribution in [0.2, 0.25) is 0 Å². The van der Waals surface area contributed by atoms with Gasteiger partial charge in [0, 0.05) is 6.20 Å². The minimum atomic E-state index is -0.0626. The molecule has 6 heteroatoms. The number of nitrogens with zero attached hydrogens (tertiary/aromatic N) is 3. The summed E-state index contributed by atoms with van der Waals surface area (Å²) in [5.41, 5.74) is 6.87. The lowest BCUT2D eigenvalue weighted by Crippen LogP contribution is -2.19. The van der Waals surface area contributed by atoms with Crippen LogP contribution in [0, 0.1) is 5.92 Å². The molecule has 2 heterocycles. The van der Waals surface area contributed by atoms with Gasteiger partial charge in [-0.05, 0) is 18.1 Å². The summed E-state index contributed by atoms with van der Waals surface area (Å²) in [6.45, 7) is 4.16. The quantitative estimate of drug-likeness (QED) is 0.903. The number of hydrogen-bond acceptors (Lipinski definition) is 3. The SMILES string of the molecule is CC(C)C(N)c1nnc2ccccn12.Cl.Cl. The molecule has 0 saturated carbocycles. The van der Waals surface area contributed by atoms with E-state index in [9.17, 15) is 0 Å². The van der Waals surface area contributed by atoms with E-state index < -0.39 is 0 Å². The zero-order valence-corrected chi connectivity index (χ0v) is 10.8. The third kappa shape index (κ3) is 2.64. The molecule has 0 bridgehead atoms. The van der Waals surface area contributed by atoms with Crippen molar-refractivity contribution in [2.75, 3.05) is 0 Å². The molecular formula is C10H16Cl2N4. The monoisotopic (exact) mass is 262 g/mol. The van der Waals surface area contributed by atoms with Gasteiger partial charge in [0.2, 0.25) is 0 Å². The van der Waals surface area contributed by atoms with Crippen molar-refractivity contribution in [1.29, 1.82) is 0 Å². The van der Waals surface area contributed by atoms with Crippen molar-refractivity contribution >= 4 is 30.5 Å². The van der Waals surface area contributed by atoms with Crippen LogP contribution in [-0.2, 0) is 0 Å². The lowest BCUT2D eigenvalue weighted by Gasteiger charge is -2.12. The topological polar surface area (TPSA) is 56.2 Å². The Hall–Kier alpha value is -0.840. The molecule has 0 aliphatic carbocycles. The Morgan fingerprint density at radius 2 is 1.88 bits per heavy atom. The molecular weight excluding hydrogens is 247 g/mol. The fourth-order valence-electron chi connectivity index (χ4n) is 1.39. The number of nitrogens with two attached hydrogens (primary N) is 1. The van der Waals surface area contributed by atoms with Crippen molar-refractivity contribution in [2.24, 2.45) is 11.7 Å². The molecule has 1 unspecified atom stereocenters. The van der Waals surface area contributed by atoms with Gasteiger partial charge in [-0.1, -0.05) is 19.9 Å². The summed E-state index contributed by atoms with van der Waals surface area (Å²) < 4.78 is 1.94. The number of hydrogen-bond donors (Lipinski definition) is 1. The average molecular weight is 263 g/mol. The normalized spacial score (nSPS) is 12.0. The summed E-state index contributed by atoms with van der Waals surface area (Å²) >= 11 is 0. The van der Waals surface area contributed by atoms with Gasteiger partial charge in [0.05, 0.1) is 6.04 Å². The molecule has 4 nitrogen and oxygen atoms in total. The minimum Gasteiger partial charge on any atom is -0.321 e. The van der Waals surface area contributed by atoms with Crippen LogP contribution in [0.4, 0.5) is 0 Å². The predicted molar refractivity (Wildman–Crippen MR) is 69.2 cm³/mol. The van der Waals surface area contributed by atoms with Gasteiger partial charge >= 0.3 is 0 Å². The van der Waals surface area contributed by atoms with Gasteiger partial charge in [-0.3, -0.25) is 4.40 Å². The fraction of sp³-hybridized carbons (Fsp3) is 0.400. The second-order valence-corrected chi connectivity index (χ2v) is 3.76. The summed E-state index contributed by atoms with van der Waals surface area (Å²) in [6, 6.07) is 5.75. The van der Waals surface area contributed by atoms with E-state index in [-0.39, 0.29) is 30.9 Å². The molecule has 0 fully saturated rings. The van der Waals surface area contributed by atoms with Crippen LogP contribution in [0.5, 0.6) is 0 Å². The van der Waals surface area contributed by atoms with E-state index in [1.54, 1.807) is 0 Å². The number of fused-ring (bicyclic) bond motifs is 1. The van der Waals surface area contributed by atoms with E-state index in [4.69, 9.17) is 5.73 Å². The van der Waals surface area contributed by atoms with Gasteiger partial charge in [-0.15, -0.1) is 35.0 Å². The maximum atomic E-state index is 6.02. The second-order valence-electron chi connectivity index (χ2n) is 3.76. The Labute approximate surface area is 107 Å². The first-order chi connectivity index (χ1) is 6.70. The zero-order chi connectivity index (χ0) is 10.1. The molecule has 0 spiro atoms. The van der Waals surface area contributed by atoms with Gasteiger partial charge in [0.1, 0.15) is 0 Å². The van der Waals surface area contributed by atoms with Crippen LogP contribution < -0.4 is 5.73 Å². The maximum Gasteiger partial charge on any atom is 0.160 e. The third-order valence-electron chi connectivity index (χ3n) is 2.36. The highest BCUT2D eigenvalue weighted by molar-refractivity contribution is 5.85. The Kier molecular flexibility index (Phi) is 5.72. The van der Waals surface area contributed by atoms with Crippen LogP contribution in [-0.4, -0.2) is 14.6 Å². The Morgan fingerprint density at radius 1 is 1.19 bits per heavy atom. The maximum absolute atomic E-state index is 6.02. The van der Waals surface area contributed by atoms with Crippen LogP contribution in [0.3, 0.4) is 0 Å². The van der Waals surface area contributed by atoms with Crippen LogP contribution in [0.1, 0.15) is 25.7 Å². The lowest BCUT2D eigenvalue weighted by atomic mass is 10.1. The van der Waals surface area contributed by atoms with Gasteiger partial charge in [0.25, 0.3) is 0 Å². The predicted octanol–water partition coefficient (Wildman–Crippen LogP) is 2.23. The van der Waals surface area contributed by atoms with Gasteiger partial charge < -0.3 is 5.73 Å². The summed E-state index contributed by atoms with van der Waals surface area (Å²) in [6.07, 6.45) is 1.94. The number of halogens is 2.